The molecule has 0 aliphatic rings. The van der Waals surface area contributed by atoms with Gasteiger partial charge in [-0.1, -0.05) is 50.2 Å². The van der Waals surface area contributed by atoms with Crippen molar-refractivity contribution in [1.82, 2.24) is 10.3 Å². The van der Waals surface area contributed by atoms with Crippen molar-refractivity contribution in [2.75, 3.05) is 6.54 Å². The van der Waals surface area contributed by atoms with Gasteiger partial charge in [0, 0.05) is 18.0 Å². The van der Waals surface area contributed by atoms with Crippen LogP contribution < -0.4 is 15.8 Å². The van der Waals surface area contributed by atoms with Gasteiger partial charge in [0.15, 0.2) is 0 Å². The molecule has 28 heavy (non-hydrogen) atoms. The molecule has 5 heteroatoms. The number of rotatable bonds is 9. The molecule has 1 aromatic heterocycles. The Bertz CT molecular complexity index is 953. The topological polar surface area (TPSA) is 77.2 Å². The molecule has 5 nitrogen and oxygen atoms in total. The largest absolute Gasteiger partial charge is 0.438 e. The smallest absolute Gasteiger partial charge is 0.223 e. The van der Waals surface area contributed by atoms with Crippen LogP contribution in [0, 0.1) is 5.92 Å². The highest BCUT2D eigenvalue weighted by Crippen LogP contribution is 2.31. The molecule has 146 valence electrons. The van der Waals surface area contributed by atoms with E-state index in [0.29, 0.717) is 17.5 Å². The fourth-order valence-corrected chi connectivity index (χ4v) is 3.09. The lowest BCUT2D eigenvalue weighted by molar-refractivity contribution is -0.117. The highest BCUT2D eigenvalue weighted by Gasteiger charge is 2.09. The highest BCUT2D eigenvalue weighted by molar-refractivity contribution is 5.91. The molecule has 1 heterocycles. The number of fused-ring (bicyclic) bond motifs is 1. The first-order chi connectivity index (χ1) is 13.5. The Hall–Kier alpha value is -2.92. The van der Waals surface area contributed by atoms with Crippen LogP contribution in [0.3, 0.4) is 0 Å². The van der Waals surface area contributed by atoms with Crippen molar-refractivity contribution < 1.29 is 9.53 Å². The van der Waals surface area contributed by atoms with Gasteiger partial charge in [-0.15, -0.1) is 0 Å². The summed E-state index contributed by atoms with van der Waals surface area (Å²) in [7, 11) is 0. The monoisotopic (exact) mass is 377 g/mol. The van der Waals surface area contributed by atoms with Gasteiger partial charge in [-0.2, -0.15) is 0 Å². The maximum absolute atomic E-state index is 11.1. The number of nitrogens with zero attached hydrogens (tertiary/aromatic N) is 1. The van der Waals surface area contributed by atoms with Gasteiger partial charge in [-0.25, -0.2) is 4.98 Å². The van der Waals surface area contributed by atoms with Crippen molar-refractivity contribution >= 4 is 16.7 Å². The third kappa shape index (κ3) is 5.30. The number of amides is 1. The van der Waals surface area contributed by atoms with E-state index >= 15 is 0 Å². The summed E-state index contributed by atoms with van der Waals surface area (Å²) in [6, 6.07) is 17.6. The molecule has 2 aromatic carbocycles. The Morgan fingerprint density at radius 3 is 2.61 bits per heavy atom. The lowest BCUT2D eigenvalue weighted by Gasteiger charge is -2.13. The highest BCUT2D eigenvalue weighted by atomic mass is 16.5. The fraction of sp³-hybridized carbons (Fsp3) is 0.304. The van der Waals surface area contributed by atoms with E-state index in [4.69, 9.17) is 10.5 Å². The maximum atomic E-state index is 11.1. The van der Waals surface area contributed by atoms with Gasteiger partial charge in [-0.3, -0.25) is 4.79 Å². The molecule has 0 aliphatic carbocycles. The number of aromatic nitrogens is 1. The summed E-state index contributed by atoms with van der Waals surface area (Å²) in [6.07, 6.45) is 1.26. The van der Waals surface area contributed by atoms with Crippen molar-refractivity contribution in [1.29, 1.82) is 0 Å². The van der Waals surface area contributed by atoms with Crippen LogP contribution in [-0.4, -0.2) is 17.4 Å². The summed E-state index contributed by atoms with van der Waals surface area (Å²) in [6.45, 7) is 6.28. The molecule has 0 bridgehead atoms. The Kier molecular flexibility index (Phi) is 6.61. The third-order valence-corrected chi connectivity index (χ3v) is 4.54. The van der Waals surface area contributed by atoms with Crippen LogP contribution in [-0.2, 0) is 17.8 Å². The van der Waals surface area contributed by atoms with Crippen molar-refractivity contribution in [2.24, 2.45) is 11.7 Å². The Morgan fingerprint density at radius 2 is 1.86 bits per heavy atom. The van der Waals surface area contributed by atoms with E-state index in [9.17, 15) is 4.79 Å². The van der Waals surface area contributed by atoms with E-state index in [0.717, 1.165) is 36.0 Å². The standard InChI is InChI=1S/C23H27N3O2/c1-16(2)12-13-25-15-17-10-11-21(20-8-4-3-7-19(17)20)28-23-9-5-6-18(26-23)14-22(24)27/h3-11,16,25H,12-15H2,1-2H3,(H2,24,27). The van der Waals surface area contributed by atoms with Crippen molar-refractivity contribution in [2.45, 2.75) is 33.2 Å². The lowest BCUT2D eigenvalue weighted by atomic mass is 10.0. The molecule has 1 amide bonds. The van der Waals surface area contributed by atoms with E-state index < -0.39 is 5.91 Å². The number of hydrogen-bond acceptors (Lipinski definition) is 4. The Morgan fingerprint density at radius 1 is 1.07 bits per heavy atom. The van der Waals surface area contributed by atoms with Crippen molar-refractivity contribution in [3.8, 4) is 11.6 Å². The summed E-state index contributed by atoms with van der Waals surface area (Å²) in [5.74, 6) is 1.47. The van der Waals surface area contributed by atoms with E-state index in [1.807, 2.05) is 24.3 Å². The predicted molar refractivity (Wildman–Crippen MR) is 112 cm³/mol. The molecule has 3 aromatic rings. The number of primary amides is 1. The normalized spacial score (nSPS) is 11.1. The SMILES string of the molecule is CC(C)CCNCc1ccc(Oc2cccc(CC(N)=O)n2)c2ccccc12. The minimum absolute atomic E-state index is 0.0962. The summed E-state index contributed by atoms with van der Waals surface area (Å²) in [5.41, 5.74) is 7.09. The zero-order valence-electron chi connectivity index (χ0n) is 16.4. The van der Waals surface area contributed by atoms with Crippen LogP contribution in [0.5, 0.6) is 11.6 Å². The molecule has 0 atom stereocenters. The zero-order valence-corrected chi connectivity index (χ0v) is 16.4. The van der Waals surface area contributed by atoms with Crippen LogP contribution in [0.1, 0.15) is 31.5 Å². The Labute approximate surface area is 165 Å². The molecule has 0 aliphatic heterocycles. The van der Waals surface area contributed by atoms with Gasteiger partial charge >= 0.3 is 0 Å². The molecule has 0 unspecified atom stereocenters. The number of benzene rings is 2. The number of pyridine rings is 1. The van der Waals surface area contributed by atoms with E-state index in [1.165, 1.54) is 5.56 Å². The number of ether oxygens (including phenoxy) is 1. The molecule has 0 saturated carbocycles. The predicted octanol–water partition coefficient (Wildman–Crippen LogP) is 4.19. The molecule has 0 fully saturated rings. The average molecular weight is 377 g/mol. The van der Waals surface area contributed by atoms with Crippen LogP contribution >= 0.6 is 0 Å². The fourth-order valence-electron chi connectivity index (χ4n) is 3.09. The number of hydrogen-bond donors (Lipinski definition) is 2. The van der Waals surface area contributed by atoms with Gasteiger partial charge in [0.05, 0.1) is 12.1 Å². The second kappa shape index (κ2) is 9.33. The second-order valence-corrected chi connectivity index (χ2v) is 7.34. The van der Waals surface area contributed by atoms with Gasteiger partial charge < -0.3 is 15.8 Å². The summed E-state index contributed by atoms with van der Waals surface area (Å²) in [4.78, 5) is 15.5. The molecule has 0 radical (unpaired) electrons. The first-order valence-corrected chi connectivity index (χ1v) is 9.66. The summed E-state index contributed by atoms with van der Waals surface area (Å²) in [5, 5.41) is 5.72. The lowest BCUT2D eigenvalue weighted by Crippen LogP contribution is -2.16. The van der Waals surface area contributed by atoms with Crippen LogP contribution in [0.15, 0.2) is 54.6 Å². The maximum Gasteiger partial charge on any atom is 0.223 e. The van der Waals surface area contributed by atoms with E-state index in [1.54, 1.807) is 12.1 Å². The number of carbonyl (C=O) groups is 1. The van der Waals surface area contributed by atoms with Gasteiger partial charge in [-0.05, 0) is 42.0 Å². The second-order valence-electron chi connectivity index (χ2n) is 7.34. The molecule has 3 rings (SSSR count). The Balaban J connectivity index is 1.81. The van der Waals surface area contributed by atoms with Crippen LogP contribution in [0.4, 0.5) is 0 Å². The van der Waals surface area contributed by atoms with Crippen LogP contribution in [0.25, 0.3) is 10.8 Å². The van der Waals surface area contributed by atoms with Crippen molar-refractivity contribution in [3.05, 3.63) is 65.9 Å². The van der Waals surface area contributed by atoms with Gasteiger partial charge in [0.2, 0.25) is 11.8 Å². The van der Waals surface area contributed by atoms with Gasteiger partial charge in [0.1, 0.15) is 5.75 Å². The third-order valence-electron chi connectivity index (χ3n) is 4.54. The number of nitrogens with two attached hydrogens (primary N) is 1. The molecular weight excluding hydrogens is 350 g/mol. The molecule has 3 N–H and O–H groups in total. The molecule has 0 spiro atoms. The average Bonchev–Trinajstić information content (AvgIpc) is 2.66. The quantitative estimate of drug-likeness (QED) is 0.548. The minimum atomic E-state index is -0.413. The molecular formula is C23H27N3O2. The number of nitrogens with one attached hydrogen (secondary N) is 1. The van der Waals surface area contributed by atoms with Crippen LogP contribution in [0.2, 0.25) is 0 Å². The van der Waals surface area contributed by atoms with E-state index in [-0.39, 0.29) is 6.42 Å². The van der Waals surface area contributed by atoms with E-state index in [2.05, 4.69) is 42.3 Å². The minimum Gasteiger partial charge on any atom is -0.438 e. The summed E-state index contributed by atoms with van der Waals surface area (Å²) < 4.78 is 6.04. The first-order valence-electron chi connectivity index (χ1n) is 9.66. The van der Waals surface area contributed by atoms with Gasteiger partial charge in [0.25, 0.3) is 0 Å². The zero-order chi connectivity index (χ0) is 19.9. The molecule has 0 saturated heterocycles. The van der Waals surface area contributed by atoms with Crippen molar-refractivity contribution in [3.63, 3.8) is 0 Å². The number of carbonyl (C=O) groups excluding carboxylic acids is 1. The summed E-state index contributed by atoms with van der Waals surface area (Å²) >= 11 is 0. The first kappa shape index (κ1) is 19.8.